The van der Waals surface area contributed by atoms with Crippen LogP contribution in [0, 0.1) is 13.8 Å². The molecule has 188 valence electrons. The van der Waals surface area contributed by atoms with Gasteiger partial charge in [0.05, 0.1) is 28.1 Å². The van der Waals surface area contributed by atoms with Crippen LogP contribution in [0.1, 0.15) is 30.5 Å². The SMILES string of the molecule is CCN(CC)c1cc2c(cc1N=Cc1c(O)n(-c3cc(C)ccc3C)c(=O)[nH]c1=O)n(C)c(=O)n2C. The summed E-state index contributed by atoms with van der Waals surface area (Å²) in [6, 6.07) is 9.18. The lowest BCUT2D eigenvalue weighted by molar-refractivity contribution is 0.430. The van der Waals surface area contributed by atoms with Gasteiger partial charge in [-0.3, -0.25) is 23.9 Å². The van der Waals surface area contributed by atoms with Gasteiger partial charge in [0.15, 0.2) is 0 Å². The van der Waals surface area contributed by atoms with Gasteiger partial charge >= 0.3 is 11.4 Å². The van der Waals surface area contributed by atoms with E-state index in [1.165, 1.54) is 10.8 Å². The highest BCUT2D eigenvalue weighted by Crippen LogP contribution is 2.33. The maximum Gasteiger partial charge on any atom is 0.335 e. The highest BCUT2D eigenvalue weighted by molar-refractivity contribution is 5.91. The smallest absolute Gasteiger partial charge is 0.335 e. The summed E-state index contributed by atoms with van der Waals surface area (Å²) >= 11 is 0. The number of benzene rings is 2. The molecule has 0 aliphatic heterocycles. The van der Waals surface area contributed by atoms with Gasteiger partial charge in [-0.15, -0.1) is 0 Å². The Labute approximate surface area is 207 Å². The molecule has 0 atom stereocenters. The molecule has 0 radical (unpaired) electrons. The molecule has 0 aliphatic carbocycles. The number of hydrogen-bond acceptors (Lipinski definition) is 6. The number of rotatable bonds is 6. The normalized spacial score (nSPS) is 11.6. The van der Waals surface area contributed by atoms with Crippen molar-refractivity contribution in [1.29, 1.82) is 0 Å². The van der Waals surface area contributed by atoms with Crippen molar-refractivity contribution in [3.63, 3.8) is 0 Å². The van der Waals surface area contributed by atoms with E-state index in [1.807, 2.05) is 45.9 Å². The average molecular weight is 491 g/mol. The molecule has 2 aromatic carbocycles. The van der Waals surface area contributed by atoms with Gasteiger partial charge in [0.1, 0.15) is 5.56 Å². The molecule has 0 fully saturated rings. The number of H-pyrrole nitrogens is 1. The predicted molar refractivity (Wildman–Crippen MR) is 143 cm³/mol. The van der Waals surface area contributed by atoms with Gasteiger partial charge in [-0.1, -0.05) is 12.1 Å². The largest absolute Gasteiger partial charge is 0.493 e. The maximum absolute atomic E-state index is 12.7. The Kier molecular flexibility index (Phi) is 6.45. The quantitative estimate of drug-likeness (QED) is 0.403. The highest BCUT2D eigenvalue weighted by atomic mass is 16.3. The molecule has 2 N–H and O–H groups in total. The van der Waals surface area contributed by atoms with E-state index in [0.29, 0.717) is 30.0 Å². The van der Waals surface area contributed by atoms with Gasteiger partial charge in [-0.25, -0.2) is 14.2 Å². The Morgan fingerprint density at radius 3 is 2.28 bits per heavy atom. The summed E-state index contributed by atoms with van der Waals surface area (Å²) in [5, 5.41) is 11.0. The van der Waals surface area contributed by atoms with Crippen molar-refractivity contribution < 1.29 is 5.11 Å². The summed E-state index contributed by atoms with van der Waals surface area (Å²) in [6.07, 6.45) is 1.25. The molecule has 36 heavy (non-hydrogen) atoms. The molecule has 4 rings (SSSR count). The minimum Gasteiger partial charge on any atom is -0.493 e. The Hall–Kier alpha value is -4.34. The molecule has 10 nitrogen and oxygen atoms in total. The zero-order valence-corrected chi connectivity index (χ0v) is 21.3. The zero-order valence-electron chi connectivity index (χ0n) is 21.3. The molecule has 0 saturated carbocycles. The van der Waals surface area contributed by atoms with E-state index in [4.69, 9.17) is 0 Å². The summed E-state index contributed by atoms with van der Waals surface area (Å²) in [4.78, 5) is 46.8. The Bertz CT molecular complexity index is 1680. The lowest BCUT2D eigenvalue weighted by Gasteiger charge is -2.23. The number of aromatic hydroxyl groups is 1. The topological polar surface area (TPSA) is 118 Å². The van der Waals surface area contributed by atoms with E-state index in [9.17, 15) is 19.5 Å². The molecule has 0 bridgehead atoms. The van der Waals surface area contributed by atoms with Crippen LogP contribution in [0.4, 0.5) is 11.4 Å². The van der Waals surface area contributed by atoms with E-state index < -0.39 is 17.1 Å². The summed E-state index contributed by atoms with van der Waals surface area (Å²) < 4.78 is 4.18. The first-order valence-electron chi connectivity index (χ1n) is 11.7. The van der Waals surface area contributed by atoms with Gasteiger partial charge in [-0.05, 0) is 57.0 Å². The summed E-state index contributed by atoms with van der Waals surface area (Å²) in [6.45, 7) is 9.13. The van der Waals surface area contributed by atoms with E-state index in [0.717, 1.165) is 26.9 Å². The van der Waals surface area contributed by atoms with Crippen LogP contribution in [0.2, 0.25) is 0 Å². The van der Waals surface area contributed by atoms with E-state index >= 15 is 0 Å². The van der Waals surface area contributed by atoms with Gasteiger partial charge in [-0.2, -0.15) is 0 Å². The van der Waals surface area contributed by atoms with Crippen LogP contribution in [0.5, 0.6) is 5.88 Å². The number of aromatic nitrogens is 4. The van der Waals surface area contributed by atoms with Crippen molar-refractivity contribution in [3.8, 4) is 11.6 Å². The van der Waals surface area contributed by atoms with Crippen LogP contribution in [-0.4, -0.2) is 43.1 Å². The van der Waals surface area contributed by atoms with Crippen LogP contribution >= 0.6 is 0 Å². The van der Waals surface area contributed by atoms with Crippen molar-refractivity contribution in [3.05, 3.63) is 78.3 Å². The van der Waals surface area contributed by atoms with E-state index in [1.54, 1.807) is 30.8 Å². The summed E-state index contributed by atoms with van der Waals surface area (Å²) in [5.41, 5.74) is 3.06. The van der Waals surface area contributed by atoms with Gasteiger partial charge in [0.2, 0.25) is 5.88 Å². The van der Waals surface area contributed by atoms with Crippen LogP contribution in [-0.2, 0) is 14.1 Å². The number of fused-ring (bicyclic) bond motifs is 1. The number of nitrogens with one attached hydrogen (secondary N) is 1. The monoisotopic (exact) mass is 490 g/mol. The van der Waals surface area contributed by atoms with Crippen molar-refractivity contribution in [2.75, 3.05) is 18.0 Å². The molecular formula is C26H30N6O4. The third kappa shape index (κ3) is 4.04. The number of hydrogen-bond donors (Lipinski definition) is 2. The highest BCUT2D eigenvalue weighted by Gasteiger charge is 2.18. The molecular weight excluding hydrogens is 460 g/mol. The Balaban J connectivity index is 1.95. The van der Waals surface area contributed by atoms with Crippen LogP contribution in [0.25, 0.3) is 16.7 Å². The lowest BCUT2D eigenvalue weighted by Crippen LogP contribution is -2.31. The first kappa shape index (κ1) is 24.8. The molecule has 0 aliphatic rings. The fourth-order valence-electron chi connectivity index (χ4n) is 4.42. The molecule has 4 aromatic rings. The van der Waals surface area contributed by atoms with Crippen molar-refractivity contribution in [2.24, 2.45) is 19.1 Å². The molecule has 10 heteroatoms. The fraction of sp³-hybridized carbons (Fsp3) is 0.308. The summed E-state index contributed by atoms with van der Waals surface area (Å²) in [7, 11) is 3.40. The lowest BCUT2D eigenvalue weighted by atomic mass is 10.1. The standard InChI is InChI=1S/C26H30N6O4/c1-7-31(8-2)20-13-22-21(29(5)26(36)30(22)6)12-18(20)27-14-17-23(33)28-25(35)32(24(17)34)19-11-15(3)9-10-16(19)4/h9-14,34H,7-8H2,1-6H3,(H,28,33,35). The van der Waals surface area contributed by atoms with E-state index in [-0.39, 0.29) is 11.3 Å². The number of aromatic amines is 1. The average Bonchev–Trinajstić information content (AvgIpc) is 3.05. The zero-order chi connectivity index (χ0) is 26.3. The van der Waals surface area contributed by atoms with Crippen LogP contribution in [0.15, 0.2) is 49.7 Å². The first-order chi connectivity index (χ1) is 17.1. The Morgan fingerprint density at radius 1 is 1.00 bits per heavy atom. The molecule has 0 amide bonds. The number of nitrogens with zero attached hydrogens (tertiary/aromatic N) is 5. The number of aliphatic imine (C=N–C) groups is 1. The second-order valence-corrected chi connectivity index (χ2v) is 8.78. The molecule has 2 aromatic heterocycles. The molecule has 0 saturated heterocycles. The predicted octanol–water partition coefficient (Wildman–Crippen LogP) is 2.64. The number of imidazole rings is 1. The number of aryl methyl sites for hydroxylation is 4. The maximum atomic E-state index is 12.7. The van der Waals surface area contributed by atoms with Gasteiger partial charge < -0.3 is 10.0 Å². The van der Waals surface area contributed by atoms with Crippen molar-refractivity contribution >= 4 is 28.6 Å². The molecule has 2 heterocycles. The summed E-state index contributed by atoms with van der Waals surface area (Å²) in [5.74, 6) is -0.501. The molecule has 0 unspecified atom stereocenters. The minimum absolute atomic E-state index is 0.150. The van der Waals surface area contributed by atoms with Gasteiger partial charge in [0, 0.05) is 33.4 Å². The van der Waals surface area contributed by atoms with Crippen molar-refractivity contribution in [2.45, 2.75) is 27.7 Å². The van der Waals surface area contributed by atoms with Crippen molar-refractivity contribution in [1.82, 2.24) is 18.7 Å². The van der Waals surface area contributed by atoms with E-state index in [2.05, 4.69) is 14.9 Å². The van der Waals surface area contributed by atoms with Gasteiger partial charge in [0.25, 0.3) is 5.56 Å². The van der Waals surface area contributed by atoms with Crippen LogP contribution < -0.4 is 21.8 Å². The molecule has 0 spiro atoms. The second-order valence-electron chi connectivity index (χ2n) is 8.78. The third-order valence-electron chi connectivity index (χ3n) is 6.53. The Morgan fingerprint density at radius 2 is 1.64 bits per heavy atom. The fourth-order valence-corrected chi connectivity index (χ4v) is 4.42. The van der Waals surface area contributed by atoms with Crippen LogP contribution in [0.3, 0.4) is 0 Å². The number of anilines is 1. The minimum atomic E-state index is -0.750. The second kappa shape index (κ2) is 9.37. The first-order valence-corrected chi connectivity index (χ1v) is 11.7. The third-order valence-corrected chi connectivity index (χ3v) is 6.53.